The molecule has 1 aliphatic heterocycles. The van der Waals surface area contributed by atoms with E-state index < -0.39 is 11.4 Å². The molecule has 0 amide bonds. The molecule has 1 saturated carbocycles. The number of allylic oxidation sites excluding steroid dienone is 2. The Hall–Kier alpha value is -2.45. The molecule has 1 aliphatic carbocycles. The van der Waals surface area contributed by atoms with Gasteiger partial charge in [-0.1, -0.05) is 84.9 Å². The van der Waals surface area contributed by atoms with Crippen molar-refractivity contribution in [1.82, 2.24) is 4.90 Å². The van der Waals surface area contributed by atoms with Crippen molar-refractivity contribution in [3.05, 3.63) is 72.3 Å². The molecule has 1 heterocycles. The Labute approximate surface area is 243 Å². The number of benzene rings is 2. The van der Waals surface area contributed by atoms with Gasteiger partial charge in [-0.05, 0) is 61.9 Å². The average Bonchev–Trinajstić information content (AvgIpc) is 3.30. The number of carbonyl (C=O) groups excluding carboxylic acids is 2. The predicted octanol–water partition coefficient (Wildman–Crippen LogP) is 6.02. The second-order valence-electron chi connectivity index (χ2n) is 10.9. The van der Waals surface area contributed by atoms with Crippen LogP contribution in [0.1, 0.15) is 57.4 Å². The van der Waals surface area contributed by atoms with E-state index >= 15 is 0 Å². The number of esters is 1. The molecule has 2 aromatic rings. The molecule has 0 radical (unpaired) electrons. The molecule has 2 fully saturated rings. The summed E-state index contributed by atoms with van der Waals surface area (Å²) >= 11 is 1.02. The average molecular weight is 566 g/mol. The highest BCUT2D eigenvalue weighted by atomic mass is 32.2. The number of carbonyl (C=O) groups is 2. The lowest BCUT2D eigenvalue weighted by atomic mass is 9.92. The van der Waals surface area contributed by atoms with Gasteiger partial charge in [-0.2, -0.15) is 0 Å². The Kier molecular flexibility index (Phi) is 11.8. The molecule has 6 nitrogen and oxygen atoms in total. The smallest absolute Gasteiger partial charge is 0.319 e. The molecule has 2 aliphatic rings. The molecule has 4 rings (SSSR count). The lowest BCUT2D eigenvalue weighted by Crippen LogP contribution is -2.47. The van der Waals surface area contributed by atoms with Crippen LogP contribution < -0.4 is 0 Å². The van der Waals surface area contributed by atoms with E-state index in [2.05, 4.69) is 59.5 Å². The molecular weight excluding hydrogens is 522 g/mol. The molecular formula is C33H43NO5S. The van der Waals surface area contributed by atoms with Crippen LogP contribution in [-0.2, 0) is 25.7 Å². The molecule has 0 spiro atoms. The minimum Gasteiger partial charge on any atom is -0.468 e. The minimum absolute atomic E-state index is 0.0137. The summed E-state index contributed by atoms with van der Waals surface area (Å²) in [7, 11) is 1.35. The summed E-state index contributed by atoms with van der Waals surface area (Å²) in [5.74, 6) is -0.150. The number of aliphatic hydroxyl groups is 1. The molecule has 0 aromatic heterocycles. The molecule has 1 unspecified atom stereocenters. The zero-order valence-electron chi connectivity index (χ0n) is 23.7. The molecule has 1 saturated heterocycles. The monoisotopic (exact) mass is 565 g/mol. The van der Waals surface area contributed by atoms with Gasteiger partial charge < -0.3 is 14.6 Å². The van der Waals surface area contributed by atoms with Gasteiger partial charge in [-0.15, -0.1) is 0 Å². The number of hydrogen-bond acceptors (Lipinski definition) is 7. The van der Waals surface area contributed by atoms with Crippen LogP contribution >= 0.6 is 11.8 Å². The molecule has 2 aromatic carbocycles. The van der Waals surface area contributed by atoms with Gasteiger partial charge in [0.05, 0.1) is 25.9 Å². The van der Waals surface area contributed by atoms with Gasteiger partial charge in [0, 0.05) is 25.3 Å². The van der Waals surface area contributed by atoms with Crippen molar-refractivity contribution < 1.29 is 24.2 Å². The van der Waals surface area contributed by atoms with Crippen molar-refractivity contribution in [2.45, 2.75) is 82.0 Å². The number of methoxy groups -OCH3 is 1. The van der Waals surface area contributed by atoms with E-state index in [1.54, 1.807) is 0 Å². The first-order chi connectivity index (χ1) is 19.5. The second kappa shape index (κ2) is 15.5. The van der Waals surface area contributed by atoms with Gasteiger partial charge in [0.25, 0.3) is 0 Å². The highest BCUT2D eigenvalue weighted by Gasteiger charge is 2.45. The number of rotatable bonds is 12. The minimum atomic E-state index is -0.516. The van der Waals surface area contributed by atoms with Crippen LogP contribution in [0.5, 0.6) is 0 Å². The van der Waals surface area contributed by atoms with Gasteiger partial charge in [0.2, 0.25) is 0 Å². The Balaban J connectivity index is 1.38. The Morgan fingerprint density at radius 2 is 1.73 bits per heavy atom. The summed E-state index contributed by atoms with van der Waals surface area (Å²) in [6, 6.07) is 19.0. The molecule has 0 bridgehead atoms. The van der Waals surface area contributed by atoms with Crippen molar-refractivity contribution in [3.8, 4) is 11.1 Å². The number of nitrogens with zero attached hydrogens (tertiary/aromatic N) is 1. The summed E-state index contributed by atoms with van der Waals surface area (Å²) in [5.41, 5.74) is 3.52. The van der Waals surface area contributed by atoms with Gasteiger partial charge in [0.1, 0.15) is 5.25 Å². The first-order valence-electron chi connectivity index (χ1n) is 14.5. The fourth-order valence-corrected chi connectivity index (χ4v) is 6.91. The number of thioether (sulfide) groups is 1. The summed E-state index contributed by atoms with van der Waals surface area (Å²) in [6.07, 6.45) is 10.1. The highest BCUT2D eigenvalue weighted by Crippen LogP contribution is 2.38. The zero-order chi connectivity index (χ0) is 28.3. The van der Waals surface area contributed by atoms with E-state index in [4.69, 9.17) is 9.47 Å². The Bertz CT molecular complexity index is 1100. The lowest BCUT2D eigenvalue weighted by Gasteiger charge is -2.38. The Morgan fingerprint density at radius 3 is 2.40 bits per heavy atom. The Morgan fingerprint density at radius 1 is 1.02 bits per heavy atom. The number of piperidine rings is 1. The summed E-state index contributed by atoms with van der Waals surface area (Å²) in [6.45, 7) is 4.05. The van der Waals surface area contributed by atoms with Crippen molar-refractivity contribution in [2.24, 2.45) is 5.92 Å². The van der Waals surface area contributed by atoms with Crippen LogP contribution in [0.2, 0.25) is 0 Å². The van der Waals surface area contributed by atoms with E-state index in [1.807, 2.05) is 12.1 Å². The van der Waals surface area contributed by atoms with E-state index in [9.17, 15) is 14.7 Å². The first-order valence-corrected chi connectivity index (χ1v) is 15.4. The second-order valence-corrected chi connectivity index (χ2v) is 12.3. The number of ether oxygens (including phenoxy) is 2. The van der Waals surface area contributed by atoms with Crippen LogP contribution in [0.3, 0.4) is 0 Å². The number of likely N-dealkylation sites (tertiary alicyclic amines) is 1. The van der Waals surface area contributed by atoms with Crippen molar-refractivity contribution in [1.29, 1.82) is 0 Å². The first kappa shape index (κ1) is 30.5. The van der Waals surface area contributed by atoms with Crippen LogP contribution in [0.4, 0.5) is 0 Å². The SMILES string of the molecule is COC(=O)C(CC=CCC[C@@H]1[C@@H](N2CCCCC2)[C@H](O)C[C@@H]1OCc1ccc(-c2ccccc2)cc1)SC(C)=O. The molecule has 40 heavy (non-hydrogen) atoms. The summed E-state index contributed by atoms with van der Waals surface area (Å²) in [5, 5.41) is 10.6. The fraction of sp³-hybridized carbons (Fsp3) is 0.515. The number of hydrogen-bond donors (Lipinski definition) is 1. The van der Waals surface area contributed by atoms with E-state index in [1.165, 1.54) is 44.4 Å². The van der Waals surface area contributed by atoms with Gasteiger partial charge in [0.15, 0.2) is 5.12 Å². The third-order valence-electron chi connectivity index (χ3n) is 8.08. The quantitative estimate of drug-likeness (QED) is 0.249. The fourth-order valence-electron chi connectivity index (χ4n) is 6.11. The van der Waals surface area contributed by atoms with Crippen LogP contribution in [0.15, 0.2) is 66.7 Å². The molecule has 5 atom stereocenters. The van der Waals surface area contributed by atoms with Crippen LogP contribution in [0.25, 0.3) is 11.1 Å². The topological polar surface area (TPSA) is 76.1 Å². The zero-order valence-corrected chi connectivity index (χ0v) is 24.6. The maximum Gasteiger partial charge on any atom is 0.319 e. The summed E-state index contributed by atoms with van der Waals surface area (Å²) in [4.78, 5) is 26.0. The normalized spacial score (nSPS) is 24.3. The third kappa shape index (κ3) is 8.53. The largest absolute Gasteiger partial charge is 0.468 e. The third-order valence-corrected chi connectivity index (χ3v) is 9.08. The summed E-state index contributed by atoms with van der Waals surface area (Å²) < 4.78 is 11.4. The predicted molar refractivity (Wildman–Crippen MR) is 161 cm³/mol. The van der Waals surface area contributed by atoms with Crippen LogP contribution in [0, 0.1) is 5.92 Å². The van der Waals surface area contributed by atoms with Crippen molar-refractivity contribution >= 4 is 22.8 Å². The van der Waals surface area contributed by atoms with E-state index in [0.717, 1.165) is 43.3 Å². The van der Waals surface area contributed by atoms with Crippen LogP contribution in [-0.4, -0.2) is 64.8 Å². The molecule has 1 N–H and O–H groups in total. The standard InChI is InChI=1S/C33H43NO5S/c1-24(35)40-31(33(37)38-2)15-9-4-8-14-28-30(22-29(36)32(28)34-20-10-5-11-21-34)39-23-25-16-18-27(19-17-25)26-12-6-3-7-13-26/h3-4,6-7,9,12-13,16-19,28-32,36H,5,8,10-11,14-15,20-23H2,1-2H3/t28-,29+,30-,31?,32+/m0/s1. The maximum absolute atomic E-state index is 12.0. The number of aliphatic hydroxyl groups excluding tert-OH is 1. The van der Waals surface area contributed by atoms with Crippen molar-refractivity contribution in [2.75, 3.05) is 20.2 Å². The van der Waals surface area contributed by atoms with Gasteiger partial charge >= 0.3 is 5.97 Å². The van der Waals surface area contributed by atoms with Gasteiger partial charge in [-0.3, -0.25) is 14.5 Å². The van der Waals surface area contributed by atoms with Crippen molar-refractivity contribution in [3.63, 3.8) is 0 Å². The van der Waals surface area contributed by atoms with E-state index in [0.29, 0.717) is 19.4 Å². The van der Waals surface area contributed by atoms with Gasteiger partial charge in [-0.25, -0.2) is 0 Å². The molecule has 7 heteroatoms. The highest BCUT2D eigenvalue weighted by molar-refractivity contribution is 8.14. The maximum atomic E-state index is 12.0. The molecule has 216 valence electrons. The van der Waals surface area contributed by atoms with E-state index in [-0.39, 0.29) is 29.1 Å². The lowest BCUT2D eigenvalue weighted by molar-refractivity contribution is -0.140.